The lowest BCUT2D eigenvalue weighted by molar-refractivity contribution is -0.153. The maximum absolute atomic E-state index is 12.3. The van der Waals surface area contributed by atoms with Gasteiger partial charge < -0.3 is 24.6 Å². The van der Waals surface area contributed by atoms with E-state index in [-0.39, 0.29) is 24.0 Å². The molecule has 9 nitrogen and oxygen atoms in total. The zero-order valence-electron chi connectivity index (χ0n) is 16.1. The van der Waals surface area contributed by atoms with E-state index in [1.165, 1.54) is 4.90 Å². The lowest BCUT2D eigenvalue weighted by atomic mass is 9.97. The van der Waals surface area contributed by atoms with E-state index in [0.717, 1.165) is 0 Å². The molecule has 0 aromatic rings. The Balaban J connectivity index is 1.73. The fraction of sp³-hybridized carbons (Fsp3) is 0.778. The molecular weight excluding hydrogens is 354 g/mol. The summed E-state index contributed by atoms with van der Waals surface area (Å²) < 4.78 is 9.97. The highest BCUT2D eigenvalue weighted by molar-refractivity contribution is 6.35. The fourth-order valence-electron chi connectivity index (χ4n) is 3.39. The summed E-state index contributed by atoms with van der Waals surface area (Å²) in [5, 5.41) is 2.76. The Morgan fingerprint density at radius 3 is 1.96 bits per heavy atom. The number of carbonyl (C=O) groups excluding carboxylic acids is 4. The van der Waals surface area contributed by atoms with Crippen LogP contribution in [0.1, 0.15) is 39.5 Å². The molecule has 9 heteroatoms. The number of nitrogens with zero attached hydrogens (tertiary/aromatic N) is 2. The Morgan fingerprint density at radius 2 is 1.41 bits per heavy atom. The van der Waals surface area contributed by atoms with E-state index >= 15 is 0 Å². The quantitative estimate of drug-likeness (QED) is 0.561. The molecule has 2 saturated heterocycles. The first-order valence-electron chi connectivity index (χ1n) is 9.64. The summed E-state index contributed by atoms with van der Waals surface area (Å²) >= 11 is 0. The van der Waals surface area contributed by atoms with Gasteiger partial charge in [-0.15, -0.1) is 0 Å². The van der Waals surface area contributed by atoms with Crippen LogP contribution in [0.15, 0.2) is 0 Å². The second kappa shape index (κ2) is 10.1. The third-order valence-electron chi connectivity index (χ3n) is 4.95. The Kier molecular flexibility index (Phi) is 7.87. The molecule has 1 N–H and O–H groups in total. The summed E-state index contributed by atoms with van der Waals surface area (Å²) in [6, 6.07) is -0.135. The van der Waals surface area contributed by atoms with Gasteiger partial charge in [0.25, 0.3) is 0 Å². The molecule has 3 amide bonds. The average Bonchev–Trinajstić information content (AvgIpc) is 2.68. The van der Waals surface area contributed by atoms with Crippen LogP contribution in [0.2, 0.25) is 0 Å². The summed E-state index contributed by atoms with van der Waals surface area (Å²) in [6.07, 6.45) is 1.85. The molecule has 2 fully saturated rings. The van der Waals surface area contributed by atoms with Crippen LogP contribution in [-0.2, 0) is 23.9 Å². The van der Waals surface area contributed by atoms with Crippen LogP contribution in [0, 0.1) is 5.92 Å². The topological polar surface area (TPSA) is 105 Å². The first kappa shape index (κ1) is 21.0. The van der Waals surface area contributed by atoms with E-state index < -0.39 is 11.8 Å². The van der Waals surface area contributed by atoms with E-state index in [1.54, 1.807) is 18.7 Å². The maximum Gasteiger partial charge on any atom is 0.409 e. The molecule has 27 heavy (non-hydrogen) atoms. The minimum absolute atomic E-state index is 0.135. The van der Waals surface area contributed by atoms with Crippen LogP contribution in [0.25, 0.3) is 0 Å². The lowest BCUT2D eigenvalue weighted by Gasteiger charge is -2.33. The molecule has 0 saturated carbocycles. The van der Waals surface area contributed by atoms with Crippen molar-refractivity contribution in [3.05, 3.63) is 0 Å². The molecule has 2 rings (SSSR count). The Morgan fingerprint density at radius 1 is 0.852 bits per heavy atom. The predicted molar refractivity (Wildman–Crippen MR) is 95.7 cm³/mol. The minimum atomic E-state index is -0.626. The normalized spacial score (nSPS) is 18.7. The number of likely N-dealkylation sites (tertiary alicyclic amines) is 2. The number of carbonyl (C=O) groups is 4. The van der Waals surface area contributed by atoms with Crippen molar-refractivity contribution >= 4 is 23.9 Å². The van der Waals surface area contributed by atoms with Crippen LogP contribution in [0.5, 0.6) is 0 Å². The summed E-state index contributed by atoms with van der Waals surface area (Å²) in [5.74, 6) is -1.63. The van der Waals surface area contributed by atoms with Crippen LogP contribution < -0.4 is 5.32 Å². The zero-order chi connectivity index (χ0) is 19.8. The number of hydrogen-bond donors (Lipinski definition) is 1. The van der Waals surface area contributed by atoms with Gasteiger partial charge >= 0.3 is 23.9 Å². The van der Waals surface area contributed by atoms with Crippen LogP contribution in [-0.4, -0.2) is 79.1 Å². The molecule has 2 aliphatic heterocycles. The molecule has 0 bridgehead atoms. The van der Waals surface area contributed by atoms with Crippen molar-refractivity contribution in [3.8, 4) is 0 Å². The molecule has 0 aliphatic carbocycles. The summed E-state index contributed by atoms with van der Waals surface area (Å²) in [4.78, 5) is 51.1. The molecule has 0 aromatic carbocycles. The van der Waals surface area contributed by atoms with Crippen molar-refractivity contribution in [2.24, 2.45) is 5.92 Å². The molecule has 0 spiro atoms. The van der Waals surface area contributed by atoms with Gasteiger partial charge in [0.05, 0.1) is 19.1 Å². The first-order valence-corrected chi connectivity index (χ1v) is 9.64. The Hall–Kier alpha value is -2.32. The van der Waals surface area contributed by atoms with Gasteiger partial charge in [0.15, 0.2) is 0 Å². The minimum Gasteiger partial charge on any atom is -0.466 e. The van der Waals surface area contributed by atoms with Gasteiger partial charge in [0.2, 0.25) is 0 Å². The molecular formula is C18H29N3O6. The number of esters is 1. The van der Waals surface area contributed by atoms with Gasteiger partial charge in [-0.2, -0.15) is 0 Å². The van der Waals surface area contributed by atoms with Crippen molar-refractivity contribution in [2.45, 2.75) is 45.6 Å². The number of nitrogens with one attached hydrogen (secondary N) is 1. The number of amides is 3. The third-order valence-corrected chi connectivity index (χ3v) is 4.95. The number of ether oxygens (including phenoxy) is 2. The highest BCUT2D eigenvalue weighted by Gasteiger charge is 2.32. The largest absolute Gasteiger partial charge is 0.466 e. The van der Waals surface area contributed by atoms with E-state index in [2.05, 4.69) is 5.32 Å². The SMILES string of the molecule is CCOC(=O)C1CCN(C(=O)C(=O)NC2CCN(C(=O)OCC)CC2)CC1. The van der Waals surface area contributed by atoms with E-state index in [1.807, 2.05) is 0 Å². The van der Waals surface area contributed by atoms with Crippen molar-refractivity contribution < 1.29 is 28.7 Å². The Bertz CT molecular complexity index is 551. The van der Waals surface area contributed by atoms with Crippen molar-refractivity contribution in [3.63, 3.8) is 0 Å². The molecule has 0 radical (unpaired) electrons. The van der Waals surface area contributed by atoms with E-state index in [9.17, 15) is 19.2 Å². The van der Waals surface area contributed by atoms with Crippen molar-refractivity contribution in [1.29, 1.82) is 0 Å². The monoisotopic (exact) mass is 383 g/mol. The first-order chi connectivity index (χ1) is 13.0. The molecule has 2 heterocycles. The molecule has 0 unspecified atom stereocenters. The smallest absolute Gasteiger partial charge is 0.409 e. The van der Waals surface area contributed by atoms with Gasteiger partial charge in [-0.3, -0.25) is 14.4 Å². The second-order valence-corrected chi connectivity index (χ2v) is 6.75. The molecule has 2 aliphatic rings. The second-order valence-electron chi connectivity index (χ2n) is 6.75. The fourth-order valence-corrected chi connectivity index (χ4v) is 3.39. The Labute approximate surface area is 159 Å². The predicted octanol–water partition coefficient (Wildman–Crippen LogP) is 0.525. The van der Waals surface area contributed by atoms with E-state index in [0.29, 0.717) is 65.1 Å². The highest BCUT2D eigenvalue weighted by atomic mass is 16.6. The number of rotatable bonds is 4. The summed E-state index contributed by atoms with van der Waals surface area (Å²) in [7, 11) is 0. The maximum atomic E-state index is 12.3. The zero-order valence-corrected chi connectivity index (χ0v) is 16.1. The third kappa shape index (κ3) is 5.83. The van der Waals surface area contributed by atoms with Crippen LogP contribution in [0.3, 0.4) is 0 Å². The van der Waals surface area contributed by atoms with Crippen molar-refractivity contribution in [2.75, 3.05) is 39.4 Å². The van der Waals surface area contributed by atoms with Crippen LogP contribution in [0.4, 0.5) is 4.79 Å². The van der Waals surface area contributed by atoms with Gasteiger partial charge in [-0.25, -0.2) is 4.79 Å². The molecule has 0 aromatic heterocycles. The average molecular weight is 383 g/mol. The molecule has 152 valence electrons. The summed E-state index contributed by atoms with van der Waals surface area (Å²) in [5.41, 5.74) is 0. The van der Waals surface area contributed by atoms with E-state index in [4.69, 9.17) is 9.47 Å². The van der Waals surface area contributed by atoms with Gasteiger partial charge in [0.1, 0.15) is 0 Å². The number of piperidine rings is 2. The summed E-state index contributed by atoms with van der Waals surface area (Å²) in [6.45, 7) is 5.91. The molecule has 0 atom stereocenters. The van der Waals surface area contributed by atoms with Crippen LogP contribution >= 0.6 is 0 Å². The van der Waals surface area contributed by atoms with Gasteiger partial charge in [-0.1, -0.05) is 0 Å². The highest BCUT2D eigenvalue weighted by Crippen LogP contribution is 2.19. The number of hydrogen-bond acceptors (Lipinski definition) is 6. The standard InChI is InChI=1S/C18H29N3O6/c1-3-26-17(24)13-5-9-20(10-6-13)16(23)15(22)19-14-7-11-21(12-8-14)18(25)27-4-2/h13-14H,3-12H2,1-2H3,(H,19,22). The lowest BCUT2D eigenvalue weighted by Crippen LogP contribution is -2.52. The van der Waals surface area contributed by atoms with Gasteiger partial charge in [0, 0.05) is 32.2 Å². The van der Waals surface area contributed by atoms with Crippen molar-refractivity contribution in [1.82, 2.24) is 15.1 Å². The van der Waals surface area contributed by atoms with Gasteiger partial charge in [-0.05, 0) is 39.5 Å².